The first-order chi connectivity index (χ1) is 19.9. The summed E-state index contributed by atoms with van der Waals surface area (Å²) in [7, 11) is 0. The highest BCUT2D eigenvalue weighted by Crippen LogP contribution is 2.33. The van der Waals surface area contributed by atoms with Gasteiger partial charge in [0.1, 0.15) is 11.6 Å². The third kappa shape index (κ3) is 5.54. The highest BCUT2D eigenvalue weighted by Gasteiger charge is 2.24. The number of anilines is 1. The zero-order chi connectivity index (χ0) is 28.5. The molecule has 0 aliphatic carbocycles. The Balaban J connectivity index is 1.30. The van der Waals surface area contributed by atoms with Crippen LogP contribution in [-0.2, 0) is 0 Å². The van der Waals surface area contributed by atoms with Crippen molar-refractivity contribution in [1.29, 1.82) is 0 Å². The first-order valence-corrected chi connectivity index (χ1v) is 13.9. The number of hydrogen-bond acceptors (Lipinski definition) is 4. The summed E-state index contributed by atoms with van der Waals surface area (Å²) in [4.78, 5) is 19.5. The van der Waals surface area contributed by atoms with Gasteiger partial charge in [-0.1, -0.05) is 42.5 Å². The zero-order valence-electron chi connectivity index (χ0n) is 22.9. The third-order valence-electron chi connectivity index (χ3n) is 8.03. The SMILES string of the molecule is Cc1ccc(-c2ccc(N3CCC(N)CC3)cc2)cc1C(=O)N[C@@H](c1cc2ccccc2[nH]1)c1cc(F)ccc1O. The van der Waals surface area contributed by atoms with Crippen LogP contribution >= 0.6 is 0 Å². The van der Waals surface area contributed by atoms with Crippen LogP contribution in [0.4, 0.5) is 10.1 Å². The van der Waals surface area contributed by atoms with Crippen molar-refractivity contribution in [2.75, 3.05) is 18.0 Å². The molecule has 1 saturated heterocycles. The molecule has 5 aromatic rings. The van der Waals surface area contributed by atoms with E-state index in [2.05, 4.69) is 39.5 Å². The number of hydrogen-bond donors (Lipinski definition) is 4. The van der Waals surface area contributed by atoms with Gasteiger partial charge in [-0.15, -0.1) is 0 Å². The van der Waals surface area contributed by atoms with Crippen molar-refractivity contribution in [3.05, 3.63) is 119 Å². The number of carbonyl (C=O) groups is 1. The van der Waals surface area contributed by atoms with Crippen molar-refractivity contribution < 1.29 is 14.3 Å². The number of rotatable bonds is 6. The van der Waals surface area contributed by atoms with Crippen molar-refractivity contribution in [2.45, 2.75) is 31.8 Å². The minimum Gasteiger partial charge on any atom is -0.508 e. The standard InChI is InChI=1S/C34H33FN4O2/c1-21-6-7-23(22-8-11-27(12-9-22)39-16-14-26(36)15-17-39)18-28(21)34(41)38-33(29-20-25(35)10-13-32(29)40)31-19-24-4-2-3-5-30(24)37-31/h2-13,18-20,26,33,37,40H,14-17,36H2,1H3,(H,38,41)/t33-/m1/s1. The molecule has 208 valence electrons. The molecule has 41 heavy (non-hydrogen) atoms. The topological polar surface area (TPSA) is 94.4 Å². The number of aromatic nitrogens is 1. The monoisotopic (exact) mass is 548 g/mol. The van der Waals surface area contributed by atoms with E-state index in [1.54, 1.807) is 0 Å². The van der Waals surface area contributed by atoms with Crippen molar-refractivity contribution in [3.8, 4) is 16.9 Å². The Bertz CT molecular complexity index is 1670. The lowest BCUT2D eigenvalue weighted by Crippen LogP contribution is -2.39. The lowest BCUT2D eigenvalue weighted by Gasteiger charge is -2.32. The third-order valence-corrected chi connectivity index (χ3v) is 8.03. The number of phenols is 1. The summed E-state index contributed by atoms with van der Waals surface area (Å²) in [6.45, 7) is 3.79. The molecule has 5 N–H and O–H groups in total. The van der Waals surface area contributed by atoms with E-state index in [1.165, 1.54) is 23.9 Å². The summed E-state index contributed by atoms with van der Waals surface area (Å²) in [6, 6.07) is 27.1. The summed E-state index contributed by atoms with van der Waals surface area (Å²) >= 11 is 0. The smallest absolute Gasteiger partial charge is 0.252 e. The van der Waals surface area contributed by atoms with Crippen LogP contribution in [0.15, 0.2) is 91.0 Å². The van der Waals surface area contributed by atoms with Crippen LogP contribution in [0.25, 0.3) is 22.0 Å². The van der Waals surface area contributed by atoms with Crippen LogP contribution in [-0.4, -0.2) is 35.1 Å². The van der Waals surface area contributed by atoms with Gasteiger partial charge in [-0.05, 0) is 90.4 Å². The van der Waals surface area contributed by atoms with Crippen LogP contribution in [0, 0.1) is 12.7 Å². The minimum atomic E-state index is -0.800. The summed E-state index contributed by atoms with van der Waals surface area (Å²) in [6.07, 6.45) is 1.98. The number of halogens is 1. The fourth-order valence-corrected chi connectivity index (χ4v) is 5.61. The van der Waals surface area contributed by atoms with Gasteiger partial charge >= 0.3 is 0 Å². The Hall–Kier alpha value is -4.62. The van der Waals surface area contributed by atoms with E-state index in [4.69, 9.17) is 5.73 Å². The van der Waals surface area contributed by atoms with Gasteiger partial charge in [0.25, 0.3) is 5.91 Å². The number of para-hydroxylation sites is 1. The molecule has 1 amide bonds. The molecule has 0 radical (unpaired) electrons. The Kier molecular flexibility index (Phi) is 7.20. The molecule has 4 aromatic carbocycles. The van der Waals surface area contributed by atoms with Crippen LogP contribution in [0.2, 0.25) is 0 Å². The number of nitrogens with zero attached hydrogens (tertiary/aromatic N) is 1. The highest BCUT2D eigenvalue weighted by molar-refractivity contribution is 5.97. The maximum Gasteiger partial charge on any atom is 0.252 e. The summed E-state index contributed by atoms with van der Waals surface area (Å²) in [5.41, 5.74) is 12.3. The molecule has 1 fully saturated rings. The molecule has 7 heteroatoms. The molecule has 2 heterocycles. The maximum absolute atomic E-state index is 14.3. The zero-order valence-corrected chi connectivity index (χ0v) is 22.9. The number of aromatic amines is 1. The lowest BCUT2D eigenvalue weighted by molar-refractivity contribution is 0.0941. The van der Waals surface area contributed by atoms with Gasteiger partial charge < -0.3 is 26.0 Å². The predicted octanol–water partition coefficient (Wildman–Crippen LogP) is 6.43. The Labute approximate surface area is 238 Å². The molecular formula is C34H33FN4O2. The first-order valence-electron chi connectivity index (χ1n) is 13.9. The number of H-pyrrole nitrogens is 1. The number of fused-ring (bicyclic) bond motifs is 1. The molecule has 1 aliphatic rings. The number of nitrogens with two attached hydrogens (primary N) is 1. The van der Waals surface area contributed by atoms with Crippen molar-refractivity contribution in [2.24, 2.45) is 5.73 Å². The number of aromatic hydroxyl groups is 1. The predicted molar refractivity (Wildman–Crippen MR) is 162 cm³/mol. The van der Waals surface area contributed by atoms with Crippen LogP contribution < -0.4 is 16.0 Å². The molecule has 1 atom stereocenters. The van der Waals surface area contributed by atoms with Crippen LogP contribution in [0.5, 0.6) is 5.75 Å². The van der Waals surface area contributed by atoms with Gasteiger partial charge in [0.15, 0.2) is 0 Å². The van der Waals surface area contributed by atoms with E-state index in [9.17, 15) is 14.3 Å². The van der Waals surface area contributed by atoms with Crippen molar-refractivity contribution in [1.82, 2.24) is 10.3 Å². The van der Waals surface area contributed by atoms with E-state index in [1.807, 2.05) is 55.5 Å². The Morgan fingerprint density at radius 2 is 1.71 bits per heavy atom. The summed E-state index contributed by atoms with van der Waals surface area (Å²) < 4.78 is 14.3. The second-order valence-corrected chi connectivity index (χ2v) is 10.8. The molecule has 0 bridgehead atoms. The second-order valence-electron chi connectivity index (χ2n) is 10.8. The van der Waals surface area contributed by atoms with Crippen molar-refractivity contribution >= 4 is 22.5 Å². The second kappa shape index (κ2) is 11.1. The number of carbonyl (C=O) groups excluding carboxylic acids is 1. The molecular weight excluding hydrogens is 515 g/mol. The molecule has 1 aliphatic heterocycles. The quantitative estimate of drug-likeness (QED) is 0.197. The molecule has 6 rings (SSSR count). The van der Waals surface area contributed by atoms with Gasteiger partial charge in [-0.25, -0.2) is 4.39 Å². The van der Waals surface area contributed by atoms with Gasteiger partial charge in [0.2, 0.25) is 0 Å². The minimum absolute atomic E-state index is 0.100. The number of piperidine rings is 1. The molecule has 0 saturated carbocycles. The van der Waals surface area contributed by atoms with Crippen LogP contribution in [0.3, 0.4) is 0 Å². The number of benzene rings is 4. The number of amides is 1. The average molecular weight is 549 g/mol. The summed E-state index contributed by atoms with van der Waals surface area (Å²) in [5.74, 6) is -0.920. The summed E-state index contributed by atoms with van der Waals surface area (Å²) in [5, 5.41) is 14.7. The van der Waals surface area contributed by atoms with E-state index < -0.39 is 11.9 Å². The van der Waals surface area contributed by atoms with Crippen molar-refractivity contribution in [3.63, 3.8) is 0 Å². The molecule has 0 spiro atoms. The molecule has 6 nitrogen and oxygen atoms in total. The molecule has 0 unspecified atom stereocenters. The van der Waals surface area contributed by atoms with Gasteiger partial charge in [0.05, 0.1) is 6.04 Å². The highest BCUT2D eigenvalue weighted by atomic mass is 19.1. The van der Waals surface area contributed by atoms with Gasteiger partial charge in [-0.2, -0.15) is 0 Å². The van der Waals surface area contributed by atoms with E-state index in [0.29, 0.717) is 11.3 Å². The number of nitrogens with one attached hydrogen (secondary N) is 2. The Morgan fingerprint density at radius 3 is 2.46 bits per heavy atom. The van der Waals surface area contributed by atoms with Gasteiger partial charge in [0, 0.05) is 47.2 Å². The lowest BCUT2D eigenvalue weighted by atomic mass is 9.97. The van der Waals surface area contributed by atoms with Crippen LogP contribution in [0.1, 0.15) is 46.1 Å². The maximum atomic E-state index is 14.3. The number of phenolic OH excluding ortho intramolecular Hbond substituents is 1. The van der Waals surface area contributed by atoms with Gasteiger partial charge in [-0.3, -0.25) is 4.79 Å². The van der Waals surface area contributed by atoms with E-state index >= 15 is 0 Å². The largest absolute Gasteiger partial charge is 0.508 e. The number of aryl methyl sites for hydroxylation is 1. The molecule has 1 aromatic heterocycles. The van der Waals surface area contributed by atoms with E-state index in [-0.39, 0.29) is 23.3 Å². The Morgan fingerprint density at radius 1 is 0.976 bits per heavy atom. The average Bonchev–Trinajstić information content (AvgIpc) is 3.42. The fraction of sp³-hybridized carbons (Fsp3) is 0.206. The fourth-order valence-electron chi connectivity index (χ4n) is 5.61. The normalized spacial score (nSPS) is 14.8. The van der Waals surface area contributed by atoms with E-state index in [0.717, 1.165) is 53.5 Å². The first kappa shape index (κ1) is 26.6.